The number of carbonyl (C=O) groups is 2. The maximum absolute atomic E-state index is 13.5. The molecular weight excluding hydrogens is 809 g/mol. The van der Waals surface area contributed by atoms with E-state index in [0.717, 1.165) is 33.8 Å². The van der Waals surface area contributed by atoms with E-state index < -0.39 is 9.84 Å². The fourth-order valence-corrected chi connectivity index (χ4v) is 8.33. The number of ether oxygens (including phenoxy) is 4. The third-order valence-electron chi connectivity index (χ3n) is 10.1. The summed E-state index contributed by atoms with van der Waals surface area (Å²) in [6.45, 7) is 8.06. The summed E-state index contributed by atoms with van der Waals surface area (Å²) < 4.78 is 50.9. The Morgan fingerprint density at radius 3 is 0.746 bits per heavy atom. The van der Waals surface area contributed by atoms with Crippen LogP contribution >= 0.6 is 0 Å². The highest BCUT2D eigenvalue weighted by molar-refractivity contribution is 7.91. The number of rotatable bonds is 14. The molecule has 63 heavy (non-hydrogen) atoms. The second-order valence-electron chi connectivity index (χ2n) is 15.3. The second kappa shape index (κ2) is 18.1. The SMILES string of the molecule is Cc1cc(C)cc(Oc2ccc(C(=O)c3ccc(Oc4ccc(S(=O)(=O)c5ccc(Oc6ccc(C(=O)c7ccc(Oc8cc(C)cc(C)c8)cc7)cc6)cc5)cc4)cc3)cc2)c1. The number of aryl methyl sites for hydroxylation is 4. The first-order valence-electron chi connectivity index (χ1n) is 20.2. The average molecular weight is 851 g/mol. The summed E-state index contributed by atoms with van der Waals surface area (Å²) in [7, 11) is -3.85. The van der Waals surface area contributed by atoms with Crippen molar-refractivity contribution in [1.82, 2.24) is 0 Å². The number of hydrogen-bond donors (Lipinski definition) is 0. The molecule has 8 aromatic rings. The number of carbonyl (C=O) groups excluding carboxylic acids is 2. The van der Waals surface area contributed by atoms with Gasteiger partial charge < -0.3 is 18.9 Å². The fraction of sp³-hybridized carbons (Fsp3) is 0.0741. The zero-order valence-corrected chi connectivity index (χ0v) is 35.8. The lowest BCUT2D eigenvalue weighted by Gasteiger charge is -2.10. The van der Waals surface area contributed by atoms with E-state index in [9.17, 15) is 18.0 Å². The first-order valence-corrected chi connectivity index (χ1v) is 21.7. The first kappa shape index (κ1) is 42.0. The molecule has 312 valence electrons. The van der Waals surface area contributed by atoms with Crippen molar-refractivity contribution >= 4 is 21.4 Å². The molecule has 0 aliphatic carbocycles. The minimum Gasteiger partial charge on any atom is -0.457 e. The lowest BCUT2D eigenvalue weighted by Crippen LogP contribution is -2.02. The molecule has 0 aromatic heterocycles. The summed E-state index contributed by atoms with van der Waals surface area (Å²) in [6.07, 6.45) is 0. The van der Waals surface area contributed by atoms with Crippen LogP contribution in [0, 0.1) is 27.7 Å². The predicted octanol–water partition coefficient (Wildman–Crippen LogP) is 13.4. The predicted molar refractivity (Wildman–Crippen MR) is 243 cm³/mol. The zero-order chi connectivity index (χ0) is 44.1. The molecule has 0 saturated heterocycles. The summed E-state index contributed by atoms with van der Waals surface area (Å²) in [5, 5.41) is 0. The molecule has 0 saturated carbocycles. The lowest BCUT2D eigenvalue weighted by atomic mass is 10.0. The maximum Gasteiger partial charge on any atom is 0.206 e. The molecule has 8 rings (SSSR count). The van der Waals surface area contributed by atoms with Gasteiger partial charge in [0.1, 0.15) is 46.0 Å². The molecule has 0 N–H and O–H groups in total. The van der Waals surface area contributed by atoms with Crippen LogP contribution in [0.4, 0.5) is 0 Å². The van der Waals surface area contributed by atoms with Gasteiger partial charge in [0.25, 0.3) is 0 Å². The highest BCUT2D eigenvalue weighted by Crippen LogP contribution is 2.31. The quantitative estimate of drug-likeness (QED) is 0.0996. The first-order chi connectivity index (χ1) is 30.3. The summed E-state index contributed by atoms with van der Waals surface area (Å²) in [4.78, 5) is 26.6. The van der Waals surface area contributed by atoms with Crippen molar-refractivity contribution in [2.24, 2.45) is 0 Å². The lowest BCUT2D eigenvalue weighted by molar-refractivity contribution is 0.103. The number of ketones is 2. The van der Waals surface area contributed by atoms with E-state index in [4.69, 9.17) is 18.9 Å². The summed E-state index contributed by atoms with van der Waals surface area (Å²) in [5.41, 5.74) is 6.46. The van der Waals surface area contributed by atoms with Crippen molar-refractivity contribution in [3.8, 4) is 46.0 Å². The second-order valence-corrected chi connectivity index (χ2v) is 17.2. The third kappa shape index (κ3) is 10.2. The van der Waals surface area contributed by atoms with Gasteiger partial charge in [0.15, 0.2) is 11.6 Å². The van der Waals surface area contributed by atoms with Crippen LogP contribution in [0.1, 0.15) is 54.1 Å². The molecule has 0 unspecified atom stereocenters. The molecule has 0 amide bonds. The zero-order valence-electron chi connectivity index (χ0n) is 35.0. The van der Waals surface area contributed by atoms with Crippen molar-refractivity contribution in [3.05, 3.63) is 226 Å². The highest BCUT2D eigenvalue weighted by atomic mass is 32.2. The Morgan fingerprint density at radius 2 is 0.508 bits per heavy atom. The number of sulfone groups is 1. The van der Waals surface area contributed by atoms with Crippen LogP contribution in [0.5, 0.6) is 46.0 Å². The van der Waals surface area contributed by atoms with Gasteiger partial charge in [-0.05, 0) is 220 Å². The van der Waals surface area contributed by atoms with E-state index in [1.807, 2.05) is 52.0 Å². The van der Waals surface area contributed by atoms with Crippen LogP contribution in [0.3, 0.4) is 0 Å². The van der Waals surface area contributed by atoms with Gasteiger partial charge in [-0.2, -0.15) is 0 Å². The van der Waals surface area contributed by atoms with E-state index in [0.29, 0.717) is 56.8 Å². The molecule has 0 heterocycles. The Morgan fingerprint density at radius 1 is 0.302 bits per heavy atom. The Hall–Kier alpha value is -7.75. The summed E-state index contributed by atoms with van der Waals surface area (Å²) in [5.74, 6) is 4.31. The summed E-state index contributed by atoms with van der Waals surface area (Å²) in [6, 6.07) is 51.8. The van der Waals surface area contributed by atoms with Gasteiger partial charge in [-0.15, -0.1) is 0 Å². The van der Waals surface area contributed by atoms with Gasteiger partial charge >= 0.3 is 0 Å². The van der Waals surface area contributed by atoms with Gasteiger partial charge in [-0.1, -0.05) is 12.1 Å². The van der Waals surface area contributed by atoms with Gasteiger partial charge in [-0.25, -0.2) is 8.42 Å². The molecule has 0 atom stereocenters. The molecule has 8 nitrogen and oxygen atoms in total. The minimum absolute atomic E-state index is 0.0960. The molecule has 9 heteroatoms. The molecule has 0 spiro atoms. The van der Waals surface area contributed by atoms with Crippen LogP contribution in [0.15, 0.2) is 192 Å². The van der Waals surface area contributed by atoms with Crippen molar-refractivity contribution in [2.45, 2.75) is 37.5 Å². The normalized spacial score (nSPS) is 11.1. The average Bonchev–Trinajstić information content (AvgIpc) is 3.27. The Balaban J connectivity index is 0.834. The largest absolute Gasteiger partial charge is 0.457 e. The van der Waals surface area contributed by atoms with Crippen LogP contribution in [-0.4, -0.2) is 20.0 Å². The van der Waals surface area contributed by atoms with Crippen molar-refractivity contribution < 1.29 is 37.0 Å². The molecular formula is C54H42O8S. The standard InChI is InChI=1S/C54H42O8S/c1-35-29-36(2)32-49(31-35)61-45-17-9-41(10-18-45)53(55)39-5-13-43(14-6-39)59-47-21-25-51(26-22-47)63(57,58)52-27-23-48(24-28-52)60-44-15-7-40(8-16-44)54(56)42-11-19-46(20-12-42)62-50-33-37(3)30-38(4)34-50/h5-34H,1-4H3. The highest BCUT2D eigenvalue weighted by Gasteiger charge is 2.19. The van der Waals surface area contributed by atoms with Crippen LogP contribution in [-0.2, 0) is 9.84 Å². The molecule has 0 radical (unpaired) electrons. The Kier molecular flexibility index (Phi) is 12.0. The van der Waals surface area contributed by atoms with Crippen LogP contribution < -0.4 is 18.9 Å². The molecule has 0 aliphatic rings. The van der Waals surface area contributed by atoms with Gasteiger partial charge in [-0.3, -0.25) is 9.59 Å². The minimum atomic E-state index is -3.85. The van der Waals surface area contributed by atoms with Crippen LogP contribution in [0.2, 0.25) is 0 Å². The van der Waals surface area contributed by atoms with E-state index >= 15 is 0 Å². The maximum atomic E-state index is 13.5. The van der Waals surface area contributed by atoms with Gasteiger partial charge in [0, 0.05) is 22.3 Å². The molecule has 0 bridgehead atoms. The van der Waals surface area contributed by atoms with E-state index in [-0.39, 0.29) is 21.4 Å². The van der Waals surface area contributed by atoms with Gasteiger partial charge in [0.2, 0.25) is 9.84 Å². The fourth-order valence-electron chi connectivity index (χ4n) is 7.07. The number of hydrogen-bond acceptors (Lipinski definition) is 8. The molecule has 0 fully saturated rings. The smallest absolute Gasteiger partial charge is 0.206 e. The monoisotopic (exact) mass is 850 g/mol. The van der Waals surface area contributed by atoms with Crippen molar-refractivity contribution in [1.29, 1.82) is 0 Å². The molecule has 8 aromatic carbocycles. The van der Waals surface area contributed by atoms with Crippen LogP contribution in [0.25, 0.3) is 0 Å². The van der Waals surface area contributed by atoms with E-state index in [1.165, 1.54) is 24.3 Å². The van der Waals surface area contributed by atoms with Crippen molar-refractivity contribution in [2.75, 3.05) is 0 Å². The van der Waals surface area contributed by atoms with Crippen molar-refractivity contribution in [3.63, 3.8) is 0 Å². The van der Waals surface area contributed by atoms with E-state index in [1.54, 1.807) is 121 Å². The Bertz CT molecular complexity index is 2790. The third-order valence-corrected chi connectivity index (χ3v) is 11.9. The summed E-state index contributed by atoms with van der Waals surface area (Å²) >= 11 is 0. The topological polar surface area (TPSA) is 105 Å². The van der Waals surface area contributed by atoms with E-state index in [2.05, 4.69) is 12.1 Å². The number of benzene rings is 8. The Labute approximate surface area is 366 Å². The van der Waals surface area contributed by atoms with Gasteiger partial charge in [0.05, 0.1) is 9.79 Å². The molecule has 0 aliphatic heterocycles.